The lowest BCUT2D eigenvalue weighted by atomic mass is 10.3. The molecule has 17 heavy (non-hydrogen) atoms. The second kappa shape index (κ2) is 6.75. The van der Waals surface area contributed by atoms with Crippen molar-refractivity contribution in [1.29, 1.82) is 0 Å². The van der Waals surface area contributed by atoms with Crippen molar-refractivity contribution in [2.75, 3.05) is 18.4 Å². The van der Waals surface area contributed by atoms with Crippen molar-refractivity contribution in [3.05, 3.63) is 42.5 Å². The van der Waals surface area contributed by atoms with E-state index >= 15 is 0 Å². The minimum Gasteiger partial charge on any atom is -0.326 e. The lowest BCUT2D eigenvalue weighted by Gasteiger charge is -2.05. The van der Waals surface area contributed by atoms with Gasteiger partial charge in [0.05, 0.1) is 0 Å². The van der Waals surface area contributed by atoms with Crippen LogP contribution < -0.4 is 10.6 Å². The molecular weight excluding hydrogens is 226 g/mol. The molecule has 0 aliphatic carbocycles. The molecule has 0 aliphatic heterocycles. The lowest BCUT2D eigenvalue weighted by molar-refractivity contribution is -0.116. The molecule has 0 unspecified atom stereocenters. The van der Waals surface area contributed by atoms with E-state index in [1.807, 2.05) is 0 Å². The second-order valence-electron chi connectivity index (χ2n) is 3.42. The van der Waals surface area contributed by atoms with E-state index in [2.05, 4.69) is 17.2 Å². The Labute approximate surface area is 98.5 Å². The summed E-state index contributed by atoms with van der Waals surface area (Å²) in [6.45, 7) is 4.65. The van der Waals surface area contributed by atoms with Crippen molar-refractivity contribution in [3.8, 4) is 0 Å². The number of amides is 1. The summed E-state index contributed by atoms with van der Waals surface area (Å²) in [5.41, 5.74) is 0.248. The van der Waals surface area contributed by atoms with Crippen molar-refractivity contribution in [2.24, 2.45) is 0 Å². The average Bonchev–Trinajstić information content (AvgIpc) is 2.30. The topological polar surface area (TPSA) is 41.1 Å². The monoisotopic (exact) mass is 240 g/mol. The highest BCUT2D eigenvalue weighted by molar-refractivity contribution is 5.90. The quantitative estimate of drug-likeness (QED) is 0.590. The number of nitrogens with one attached hydrogen (secondary N) is 2. The first-order valence-electron chi connectivity index (χ1n) is 5.20. The number of hydrogen-bond donors (Lipinski definition) is 2. The van der Waals surface area contributed by atoms with Gasteiger partial charge in [-0.1, -0.05) is 6.08 Å². The normalized spacial score (nSPS) is 10.0. The van der Waals surface area contributed by atoms with Gasteiger partial charge in [0.15, 0.2) is 11.6 Å². The zero-order valence-electron chi connectivity index (χ0n) is 9.30. The molecule has 92 valence electrons. The fourth-order valence-corrected chi connectivity index (χ4v) is 1.20. The highest BCUT2D eigenvalue weighted by Gasteiger charge is 2.05. The standard InChI is InChI=1S/C12H14F2N2O/c1-2-6-15-7-5-12(17)16-9-3-4-10(13)11(14)8-9/h2-4,8,15H,1,5-7H2,(H,16,17). The van der Waals surface area contributed by atoms with Gasteiger partial charge in [-0.2, -0.15) is 0 Å². The Balaban J connectivity index is 2.39. The van der Waals surface area contributed by atoms with E-state index in [9.17, 15) is 13.6 Å². The lowest BCUT2D eigenvalue weighted by Crippen LogP contribution is -2.21. The van der Waals surface area contributed by atoms with Crippen LogP contribution in [-0.2, 0) is 4.79 Å². The van der Waals surface area contributed by atoms with Gasteiger partial charge < -0.3 is 10.6 Å². The smallest absolute Gasteiger partial charge is 0.225 e. The third-order valence-electron chi connectivity index (χ3n) is 2.02. The maximum absolute atomic E-state index is 12.8. The van der Waals surface area contributed by atoms with Gasteiger partial charge in [0, 0.05) is 31.3 Å². The minimum absolute atomic E-state index is 0.248. The summed E-state index contributed by atoms with van der Waals surface area (Å²) in [5, 5.41) is 5.43. The van der Waals surface area contributed by atoms with Crippen molar-refractivity contribution in [3.63, 3.8) is 0 Å². The van der Waals surface area contributed by atoms with Crippen molar-refractivity contribution >= 4 is 11.6 Å². The van der Waals surface area contributed by atoms with Gasteiger partial charge in [0.2, 0.25) is 5.91 Å². The molecule has 1 aromatic carbocycles. The van der Waals surface area contributed by atoms with Crippen LogP contribution in [0.25, 0.3) is 0 Å². The molecule has 1 aromatic rings. The van der Waals surface area contributed by atoms with Crippen LogP contribution >= 0.6 is 0 Å². The van der Waals surface area contributed by atoms with E-state index in [-0.39, 0.29) is 18.0 Å². The zero-order chi connectivity index (χ0) is 12.7. The van der Waals surface area contributed by atoms with E-state index in [0.29, 0.717) is 13.1 Å². The Morgan fingerprint density at radius 3 is 2.76 bits per heavy atom. The molecule has 3 nitrogen and oxygen atoms in total. The Morgan fingerprint density at radius 1 is 1.35 bits per heavy atom. The largest absolute Gasteiger partial charge is 0.326 e. The molecule has 0 radical (unpaired) electrons. The number of hydrogen-bond acceptors (Lipinski definition) is 2. The molecular formula is C12H14F2N2O. The molecule has 0 atom stereocenters. The van der Waals surface area contributed by atoms with Crippen LogP contribution in [0.1, 0.15) is 6.42 Å². The molecule has 0 aromatic heterocycles. The summed E-state index contributed by atoms with van der Waals surface area (Å²) in [6, 6.07) is 3.23. The van der Waals surface area contributed by atoms with Gasteiger partial charge in [-0.3, -0.25) is 4.79 Å². The Bertz CT molecular complexity index is 407. The third-order valence-corrected chi connectivity index (χ3v) is 2.02. The van der Waals surface area contributed by atoms with Gasteiger partial charge in [-0.15, -0.1) is 6.58 Å². The fraction of sp³-hybridized carbons (Fsp3) is 0.250. The van der Waals surface area contributed by atoms with E-state index < -0.39 is 11.6 Å². The number of carbonyl (C=O) groups excluding carboxylic acids is 1. The van der Waals surface area contributed by atoms with Crippen molar-refractivity contribution in [1.82, 2.24) is 5.32 Å². The average molecular weight is 240 g/mol. The van der Waals surface area contributed by atoms with Crippen molar-refractivity contribution < 1.29 is 13.6 Å². The van der Waals surface area contributed by atoms with Crippen LogP contribution in [0.4, 0.5) is 14.5 Å². The second-order valence-corrected chi connectivity index (χ2v) is 3.42. The number of rotatable bonds is 6. The summed E-state index contributed by atoms with van der Waals surface area (Å²) in [5.74, 6) is -2.17. The Kier molecular flexibility index (Phi) is 5.29. The van der Waals surface area contributed by atoms with Gasteiger partial charge >= 0.3 is 0 Å². The fourth-order valence-electron chi connectivity index (χ4n) is 1.20. The third kappa shape index (κ3) is 4.74. The van der Waals surface area contributed by atoms with Crippen LogP contribution in [0.2, 0.25) is 0 Å². The maximum Gasteiger partial charge on any atom is 0.225 e. The molecule has 5 heteroatoms. The number of anilines is 1. The molecule has 0 saturated heterocycles. The highest BCUT2D eigenvalue weighted by atomic mass is 19.2. The molecule has 1 amide bonds. The van der Waals surface area contributed by atoms with Crippen LogP contribution in [0.5, 0.6) is 0 Å². The maximum atomic E-state index is 12.8. The van der Waals surface area contributed by atoms with Crippen LogP contribution in [0, 0.1) is 11.6 Å². The van der Waals surface area contributed by atoms with E-state index in [4.69, 9.17) is 0 Å². The van der Waals surface area contributed by atoms with Gasteiger partial charge in [0.1, 0.15) is 0 Å². The van der Waals surface area contributed by atoms with Gasteiger partial charge in [0.25, 0.3) is 0 Å². The predicted molar refractivity (Wildman–Crippen MR) is 62.7 cm³/mol. The van der Waals surface area contributed by atoms with Crippen molar-refractivity contribution in [2.45, 2.75) is 6.42 Å². The molecule has 1 rings (SSSR count). The van der Waals surface area contributed by atoms with Crippen LogP contribution in [-0.4, -0.2) is 19.0 Å². The van der Waals surface area contributed by atoms with E-state index in [1.54, 1.807) is 6.08 Å². The summed E-state index contributed by atoms with van der Waals surface area (Å²) >= 11 is 0. The molecule has 2 N–H and O–H groups in total. The first kappa shape index (κ1) is 13.3. The summed E-state index contributed by atoms with van der Waals surface area (Å²) in [6.07, 6.45) is 1.94. The molecule has 0 heterocycles. The predicted octanol–water partition coefficient (Wildman–Crippen LogP) is 2.07. The van der Waals surface area contributed by atoms with E-state index in [0.717, 1.165) is 12.1 Å². The number of benzene rings is 1. The Hall–Kier alpha value is -1.75. The summed E-state index contributed by atoms with van der Waals surface area (Å²) in [7, 11) is 0. The number of halogens is 2. The molecule has 0 fully saturated rings. The van der Waals surface area contributed by atoms with E-state index in [1.165, 1.54) is 6.07 Å². The molecule has 0 spiro atoms. The van der Waals surface area contributed by atoms with Crippen LogP contribution in [0.15, 0.2) is 30.9 Å². The highest BCUT2D eigenvalue weighted by Crippen LogP contribution is 2.13. The molecule has 0 saturated carbocycles. The van der Waals surface area contributed by atoms with Gasteiger partial charge in [-0.05, 0) is 12.1 Å². The minimum atomic E-state index is -0.979. The van der Waals surface area contributed by atoms with Crippen LogP contribution in [0.3, 0.4) is 0 Å². The first-order valence-corrected chi connectivity index (χ1v) is 5.20. The Morgan fingerprint density at radius 2 is 2.12 bits per heavy atom. The summed E-state index contributed by atoms with van der Waals surface area (Å²) < 4.78 is 25.4. The first-order chi connectivity index (χ1) is 8.13. The molecule has 0 aliphatic rings. The molecule has 0 bridgehead atoms. The zero-order valence-corrected chi connectivity index (χ0v) is 9.30. The summed E-state index contributed by atoms with van der Waals surface area (Å²) in [4.78, 5) is 11.4. The van der Waals surface area contributed by atoms with Gasteiger partial charge in [-0.25, -0.2) is 8.78 Å². The SMILES string of the molecule is C=CCNCCC(=O)Nc1ccc(F)c(F)c1. The number of carbonyl (C=O) groups is 1.